The molecule has 6 nitrogen and oxygen atoms in total. The molecule has 2 heterocycles. The SMILES string of the molecule is COCc1nnc(SCC(=O)N2CCCC2)n1-c1ccccc1. The van der Waals surface area contributed by atoms with Crippen LogP contribution >= 0.6 is 11.8 Å². The highest BCUT2D eigenvalue weighted by molar-refractivity contribution is 7.99. The fourth-order valence-corrected chi connectivity index (χ4v) is 3.51. The number of likely N-dealkylation sites (tertiary alicyclic amines) is 1. The Balaban J connectivity index is 1.77. The molecular weight excluding hydrogens is 312 g/mol. The first-order valence-electron chi connectivity index (χ1n) is 7.69. The maximum absolute atomic E-state index is 12.2. The molecule has 2 aromatic rings. The summed E-state index contributed by atoms with van der Waals surface area (Å²) in [6.45, 7) is 2.13. The van der Waals surface area contributed by atoms with Crippen LogP contribution in [-0.2, 0) is 16.1 Å². The van der Waals surface area contributed by atoms with Crippen LogP contribution in [0.1, 0.15) is 18.7 Å². The van der Waals surface area contributed by atoms with Gasteiger partial charge in [0.15, 0.2) is 11.0 Å². The van der Waals surface area contributed by atoms with Crippen molar-refractivity contribution in [2.24, 2.45) is 0 Å². The van der Waals surface area contributed by atoms with Gasteiger partial charge in [0.25, 0.3) is 0 Å². The largest absolute Gasteiger partial charge is 0.377 e. The summed E-state index contributed by atoms with van der Waals surface area (Å²) in [5, 5.41) is 9.15. The Morgan fingerprint density at radius 3 is 2.65 bits per heavy atom. The molecule has 0 N–H and O–H groups in total. The lowest BCUT2D eigenvalue weighted by Crippen LogP contribution is -2.29. The number of carbonyl (C=O) groups is 1. The summed E-state index contributed by atoms with van der Waals surface area (Å²) in [7, 11) is 1.63. The van der Waals surface area contributed by atoms with Crippen molar-refractivity contribution in [1.29, 1.82) is 0 Å². The standard InChI is InChI=1S/C16H20N4O2S/c1-22-11-14-17-18-16(20(14)13-7-3-2-4-8-13)23-12-15(21)19-9-5-6-10-19/h2-4,7-8H,5-6,9-12H2,1H3. The second kappa shape index (κ2) is 7.61. The predicted molar refractivity (Wildman–Crippen MR) is 88.6 cm³/mol. The van der Waals surface area contributed by atoms with Crippen molar-refractivity contribution in [1.82, 2.24) is 19.7 Å². The molecule has 7 heteroatoms. The van der Waals surface area contributed by atoms with Crippen molar-refractivity contribution in [3.8, 4) is 5.69 Å². The molecule has 1 amide bonds. The second-order valence-electron chi connectivity index (χ2n) is 5.38. The zero-order valence-corrected chi connectivity index (χ0v) is 14.0. The van der Waals surface area contributed by atoms with E-state index >= 15 is 0 Å². The van der Waals surface area contributed by atoms with Crippen LogP contribution in [0.4, 0.5) is 0 Å². The Kier molecular flexibility index (Phi) is 5.30. The van der Waals surface area contributed by atoms with E-state index in [1.54, 1.807) is 7.11 Å². The first-order valence-corrected chi connectivity index (χ1v) is 8.67. The summed E-state index contributed by atoms with van der Waals surface area (Å²) in [5.41, 5.74) is 0.973. The van der Waals surface area contributed by atoms with Gasteiger partial charge in [-0.2, -0.15) is 0 Å². The number of ether oxygens (including phenoxy) is 1. The lowest BCUT2D eigenvalue weighted by atomic mass is 10.3. The number of benzene rings is 1. The van der Waals surface area contributed by atoms with E-state index in [1.807, 2.05) is 39.8 Å². The van der Waals surface area contributed by atoms with Crippen molar-refractivity contribution >= 4 is 17.7 Å². The quantitative estimate of drug-likeness (QED) is 0.759. The van der Waals surface area contributed by atoms with Gasteiger partial charge in [-0.3, -0.25) is 9.36 Å². The Hall–Kier alpha value is -1.86. The van der Waals surface area contributed by atoms with Gasteiger partial charge in [0.05, 0.1) is 5.75 Å². The topological polar surface area (TPSA) is 60.3 Å². The lowest BCUT2D eigenvalue weighted by Gasteiger charge is -2.15. The average Bonchev–Trinajstić information content (AvgIpc) is 3.24. The highest BCUT2D eigenvalue weighted by atomic mass is 32.2. The average molecular weight is 332 g/mol. The van der Waals surface area contributed by atoms with E-state index < -0.39 is 0 Å². The van der Waals surface area contributed by atoms with E-state index in [9.17, 15) is 4.79 Å². The highest BCUT2D eigenvalue weighted by Gasteiger charge is 2.20. The number of hydrogen-bond acceptors (Lipinski definition) is 5. The maximum atomic E-state index is 12.2. The monoisotopic (exact) mass is 332 g/mol. The summed E-state index contributed by atoms with van der Waals surface area (Å²) < 4.78 is 7.15. The molecule has 0 unspecified atom stereocenters. The fraction of sp³-hybridized carbons (Fsp3) is 0.438. The molecule has 0 aliphatic carbocycles. The number of thioether (sulfide) groups is 1. The Morgan fingerprint density at radius 1 is 1.22 bits per heavy atom. The number of hydrogen-bond donors (Lipinski definition) is 0. The minimum atomic E-state index is 0.170. The molecule has 1 saturated heterocycles. The number of aromatic nitrogens is 3. The molecule has 0 radical (unpaired) electrons. The van der Waals surface area contributed by atoms with Crippen LogP contribution in [0.5, 0.6) is 0 Å². The van der Waals surface area contributed by atoms with E-state index in [2.05, 4.69) is 10.2 Å². The van der Waals surface area contributed by atoms with Crippen LogP contribution in [-0.4, -0.2) is 51.5 Å². The van der Waals surface area contributed by atoms with Gasteiger partial charge >= 0.3 is 0 Å². The zero-order chi connectivity index (χ0) is 16.1. The van der Waals surface area contributed by atoms with Crippen molar-refractivity contribution in [2.45, 2.75) is 24.6 Å². The molecule has 0 atom stereocenters. The predicted octanol–water partition coefficient (Wildman–Crippen LogP) is 2.13. The van der Waals surface area contributed by atoms with Crippen molar-refractivity contribution in [3.05, 3.63) is 36.2 Å². The van der Waals surface area contributed by atoms with Crippen LogP contribution in [0, 0.1) is 0 Å². The van der Waals surface area contributed by atoms with Crippen molar-refractivity contribution < 1.29 is 9.53 Å². The molecule has 1 aromatic carbocycles. The number of para-hydroxylation sites is 1. The molecule has 1 aliphatic heterocycles. The van der Waals surface area contributed by atoms with E-state index in [0.717, 1.165) is 42.6 Å². The summed E-state index contributed by atoms with van der Waals surface area (Å²) in [5.74, 6) is 1.29. The normalized spacial score (nSPS) is 14.4. The van der Waals surface area contributed by atoms with E-state index in [0.29, 0.717) is 12.4 Å². The molecule has 0 bridgehead atoms. The first kappa shape index (κ1) is 16.0. The molecule has 0 saturated carbocycles. The van der Waals surface area contributed by atoms with Gasteiger partial charge in [0, 0.05) is 25.9 Å². The highest BCUT2D eigenvalue weighted by Crippen LogP contribution is 2.23. The summed E-state index contributed by atoms with van der Waals surface area (Å²) in [4.78, 5) is 14.1. The Labute approximate surface area is 139 Å². The third-order valence-electron chi connectivity index (χ3n) is 3.77. The number of amides is 1. The molecule has 23 heavy (non-hydrogen) atoms. The smallest absolute Gasteiger partial charge is 0.233 e. The van der Waals surface area contributed by atoms with E-state index in [1.165, 1.54) is 11.8 Å². The van der Waals surface area contributed by atoms with Crippen LogP contribution in [0.3, 0.4) is 0 Å². The maximum Gasteiger partial charge on any atom is 0.233 e. The molecule has 1 aromatic heterocycles. The third kappa shape index (κ3) is 3.73. The first-order chi connectivity index (χ1) is 11.3. The number of nitrogens with zero attached hydrogens (tertiary/aromatic N) is 4. The second-order valence-corrected chi connectivity index (χ2v) is 6.32. The molecule has 1 aliphatic rings. The summed E-state index contributed by atoms with van der Waals surface area (Å²) in [6.07, 6.45) is 2.21. The zero-order valence-electron chi connectivity index (χ0n) is 13.1. The molecule has 122 valence electrons. The molecule has 3 rings (SSSR count). The number of rotatable bonds is 6. The molecule has 1 fully saturated rings. The van der Waals surface area contributed by atoms with Crippen LogP contribution < -0.4 is 0 Å². The Bertz CT molecular complexity index is 653. The summed E-state index contributed by atoms with van der Waals surface area (Å²) in [6, 6.07) is 9.89. The third-order valence-corrected chi connectivity index (χ3v) is 4.69. The van der Waals surface area contributed by atoms with Crippen LogP contribution in [0.15, 0.2) is 35.5 Å². The van der Waals surface area contributed by atoms with Gasteiger partial charge in [0.1, 0.15) is 6.61 Å². The van der Waals surface area contributed by atoms with Crippen molar-refractivity contribution in [3.63, 3.8) is 0 Å². The van der Waals surface area contributed by atoms with E-state index in [-0.39, 0.29) is 5.91 Å². The minimum Gasteiger partial charge on any atom is -0.377 e. The summed E-state index contributed by atoms with van der Waals surface area (Å²) >= 11 is 1.43. The molecule has 0 spiro atoms. The fourth-order valence-electron chi connectivity index (χ4n) is 2.64. The van der Waals surface area contributed by atoms with Crippen LogP contribution in [0.25, 0.3) is 5.69 Å². The van der Waals surface area contributed by atoms with Gasteiger partial charge in [-0.05, 0) is 25.0 Å². The van der Waals surface area contributed by atoms with Gasteiger partial charge in [-0.25, -0.2) is 0 Å². The van der Waals surface area contributed by atoms with Gasteiger partial charge in [-0.1, -0.05) is 30.0 Å². The van der Waals surface area contributed by atoms with Gasteiger partial charge < -0.3 is 9.64 Å². The van der Waals surface area contributed by atoms with Crippen LogP contribution in [0.2, 0.25) is 0 Å². The van der Waals surface area contributed by atoms with E-state index in [4.69, 9.17) is 4.74 Å². The number of methoxy groups -OCH3 is 1. The van der Waals surface area contributed by atoms with Gasteiger partial charge in [0.2, 0.25) is 5.91 Å². The number of carbonyl (C=O) groups excluding carboxylic acids is 1. The minimum absolute atomic E-state index is 0.170. The van der Waals surface area contributed by atoms with Crippen molar-refractivity contribution in [2.75, 3.05) is 26.0 Å². The molecular formula is C16H20N4O2S. The van der Waals surface area contributed by atoms with Gasteiger partial charge in [-0.15, -0.1) is 10.2 Å². The Morgan fingerprint density at radius 2 is 1.96 bits per heavy atom. The lowest BCUT2D eigenvalue weighted by molar-refractivity contribution is -0.127.